The summed E-state index contributed by atoms with van der Waals surface area (Å²) in [5.74, 6) is -0.312. The fraction of sp³-hybridized carbons (Fsp3) is 0.280. The highest BCUT2D eigenvalue weighted by Crippen LogP contribution is 2.15. The van der Waals surface area contributed by atoms with Crippen LogP contribution in [0, 0.1) is 12.8 Å². The minimum atomic E-state index is -3.94. The Morgan fingerprint density at radius 3 is 2.29 bits per heavy atom. The van der Waals surface area contributed by atoms with Gasteiger partial charge in [0.1, 0.15) is 24.2 Å². The van der Waals surface area contributed by atoms with Gasteiger partial charge in [0, 0.05) is 0 Å². The first-order valence-electron chi connectivity index (χ1n) is 11.1. The number of carbonyl (C=O) groups excluding carboxylic acids is 2. The largest absolute Gasteiger partial charge is 0.486 e. The summed E-state index contributed by atoms with van der Waals surface area (Å²) in [6.45, 7) is 5.70. The first-order chi connectivity index (χ1) is 16.6. The van der Waals surface area contributed by atoms with E-state index in [1.807, 2.05) is 39.0 Å². The number of benzene rings is 2. The zero-order valence-corrected chi connectivity index (χ0v) is 20.6. The molecule has 10 heteroatoms. The van der Waals surface area contributed by atoms with E-state index in [2.05, 4.69) is 15.6 Å². The Morgan fingerprint density at radius 2 is 1.63 bits per heavy atom. The molecule has 0 saturated heterocycles. The number of carbonyl (C=O) groups is 2. The van der Waals surface area contributed by atoms with Crippen LogP contribution in [-0.4, -0.2) is 26.3 Å². The van der Waals surface area contributed by atoms with E-state index in [0.29, 0.717) is 11.5 Å². The number of aryl methyl sites for hydroxylation is 1. The summed E-state index contributed by atoms with van der Waals surface area (Å²) in [5.41, 5.74) is 5.46. The number of sulfonamides is 1. The van der Waals surface area contributed by atoms with Crippen molar-refractivity contribution in [3.63, 3.8) is 0 Å². The van der Waals surface area contributed by atoms with Gasteiger partial charge in [0.25, 0.3) is 5.91 Å². The van der Waals surface area contributed by atoms with E-state index >= 15 is 0 Å². The van der Waals surface area contributed by atoms with E-state index < -0.39 is 27.9 Å². The molecule has 9 nitrogen and oxygen atoms in total. The third kappa shape index (κ3) is 7.69. The average molecular weight is 500 g/mol. The number of para-hydroxylation sites is 1. The van der Waals surface area contributed by atoms with Gasteiger partial charge in [0.15, 0.2) is 5.76 Å². The zero-order chi connectivity index (χ0) is 25.4. The number of hydrogen-bond donors (Lipinski definition) is 3. The second-order valence-electron chi connectivity index (χ2n) is 8.43. The summed E-state index contributed by atoms with van der Waals surface area (Å²) < 4.78 is 39.0. The fourth-order valence-electron chi connectivity index (χ4n) is 3.17. The van der Waals surface area contributed by atoms with Crippen molar-refractivity contribution < 1.29 is 27.2 Å². The second-order valence-corrected chi connectivity index (χ2v) is 10.1. The van der Waals surface area contributed by atoms with Gasteiger partial charge < -0.3 is 9.15 Å². The summed E-state index contributed by atoms with van der Waals surface area (Å²) in [7, 11) is -3.94. The van der Waals surface area contributed by atoms with Crippen LogP contribution < -0.4 is 20.3 Å². The number of hydrazine groups is 1. The minimum Gasteiger partial charge on any atom is -0.486 e. The molecule has 0 bridgehead atoms. The molecule has 186 valence electrons. The maximum atomic E-state index is 12.8. The third-order valence-electron chi connectivity index (χ3n) is 4.96. The van der Waals surface area contributed by atoms with E-state index in [4.69, 9.17) is 9.15 Å². The molecule has 3 aromatic rings. The van der Waals surface area contributed by atoms with Crippen molar-refractivity contribution in [3.8, 4) is 5.75 Å². The van der Waals surface area contributed by atoms with E-state index in [-0.39, 0.29) is 29.6 Å². The molecule has 0 saturated carbocycles. The maximum absolute atomic E-state index is 12.8. The highest BCUT2D eigenvalue weighted by Gasteiger charge is 2.27. The molecule has 0 spiro atoms. The average Bonchev–Trinajstić information content (AvgIpc) is 3.30. The number of nitrogens with one attached hydrogen (secondary N) is 3. The Bertz CT molecular complexity index is 1240. The van der Waals surface area contributed by atoms with Crippen molar-refractivity contribution in [3.05, 3.63) is 83.8 Å². The van der Waals surface area contributed by atoms with Crippen LogP contribution in [0.4, 0.5) is 0 Å². The molecule has 35 heavy (non-hydrogen) atoms. The highest BCUT2D eigenvalue weighted by atomic mass is 32.2. The molecule has 1 unspecified atom stereocenters. The molecule has 2 amide bonds. The van der Waals surface area contributed by atoms with E-state index in [9.17, 15) is 18.0 Å². The van der Waals surface area contributed by atoms with Gasteiger partial charge in [-0.15, -0.1) is 0 Å². The topological polar surface area (TPSA) is 127 Å². The van der Waals surface area contributed by atoms with Crippen molar-refractivity contribution >= 4 is 21.8 Å². The summed E-state index contributed by atoms with van der Waals surface area (Å²) in [5, 5.41) is 0. The second kappa shape index (κ2) is 11.7. The van der Waals surface area contributed by atoms with Crippen molar-refractivity contribution in [2.45, 2.75) is 44.7 Å². The smallest absolute Gasteiger partial charge is 0.305 e. The summed E-state index contributed by atoms with van der Waals surface area (Å²) in [6, 6.07) is 17.4. The van der Waals surface area contributed by atoms with Crippen LogP contribution in [0.2, 0.25) is 0 Å². The number of ether oxygens (including phenoxy) is 1. The Labute approximate surface area is 204 Å². The normalized spacial score (nSPS) is 12.2. The molecule has 1 atom stereocenters. The number of amides is 2. The van der Waals surface area contributed by atoms with Crippen LogP contribution >= 0.6 is 0 Å². The van der Waals surface area contributed by atoms with Crippen LogP contribution in [0.1, 0.15) is 42.1 Å². The van der Waals surface area contributed by atoms with Crippen molar-refractivity contribution in [2.75, 3.05) is 0 Å². The van der Waals surface area contributed by atoms with Crippen LogP contribution in [0.15, 0.2) is 76.0 Å². The van der Waals surface area contributed by atoms with Gasteiger partial charge in [-0.25, -0.2) is 8.42 Å². The van der Waals surface area contributed by atoms with E-state index in [1.54, 1.807) is 30.3 Å². The van der Waals surface area contributed by atoms with Gasteiger partial charge in [-0.1, -0.05) is 49.7 Å². The lowest BCUT2D eigenvalue weighted by Gasteiger charge is -2.20. The summed E-state index contributed by atoms with van der Waals surface area (Å²) in [6.07, 6.45) is 0.231. The van der Waals surface area contributed by atoms with Gasteiger partial charge >= 0.3 is 5.91 Å². The van der Waals surface area contributed by atoms with Gasteiger partial charge in [0.05, 0.1) is 4.90 Å². The van der Waals surface area contributed by atoms with Gasteiger partial charge in [0.2, 0.25) is 10.0 Å². The van der Waals surface area contributed by atoms with E-state index in [1.165, 1.54) is 18.2 Å². The molecule has 1 aromatic heterocycles. The highest BCUT2D eigenvalue weighted by molar-refractivity contribution is 7.89. The van der Waals surface area contributed by atoms with Crippen LogP contribution in [0.3, 0.4) is 0 Å². The summed E-state index contributed by atoms with van der Waals surface area (Å²) in [4.78, 5) is 25.2. The Hall–Kier alpha value is -3.63. The fourth-order valence-corrected chi connectivity index (χ4v) is 4.38. The number of hydrogen-bond acceptors (Lipinski definition) is 6. The lowest BCUT2D eigenvalue weighted by atomic mass is 10.0. The third-order valence-corrected chi connectivity index (χ3v) is 6.45. The zero-order valence-electron chi connectivity index (χ0n) is 19.8. The van der Waals surface area contributed by atoms with Gasteiger partial charge in [-0.3, -0.25) is 20.4 Å². The van der Waals surface area contributed by atoms with Gasteiger partial charge in [-0.2, -0.15) is 4.72 Å². The maximum Gasteiger partial charge on any atom is 0.305 e. The Kier molecular flexibility index (Phi) is 8.67. The van der Waals surface area contributed by atoms with Crippen LogP contribution in [-0.2, 0) is 21.4 Å². The lowest BCUT2D eigenvalue weighted by molar-refractivity contribution is -0.123. The SMILES string of the molecule is Cc1ccc(S(=O)(=O)NC(CC(C)C)C(=O)NNC(=O)c2ccc(COc3ccccc3)o2)cc1. The molecular formula is C25H29N3O6S. The molecule has 0 fully saturated rings. The Balaban J connectivity index is 1.58. The molecule has 0 aliphatic carbocycles. The molecular weight excluding hydrogens is 470 g/mol. The molecule has 3 N–H and O–H groups in total. The monoisotopic (exact) mass is 499 g/mol. The quantitative estimate of drug-likeness (QED) is 0.367. The van der Waals surface area contributed by atoms with Crippen molar-refractivity contribution in [1.82, 2.24) is 15.6 Å². The van der Waals surface area contributed by atoms with E-state index in [0.717, 1.165) is 5.56 Å². The first kappa shape index (κ1) is 26.0. The lowest BCUT2D eigenvalue weighted by Crippen LogP contribution is -2.52. The molecule has 0 aliphatic heterocycles. The minimum absolute atomic E-state index is 0.0133. The molecule has 0 radical (unpaired) electrons. The number of furan rings is 1. The molecule has 2 aromatic carbocycles. The molecule has 0 aliphatic rings. The van der Waals surface area contributed by atoms with Gasteiger partial charge in [-0.05, 0) is 55.7 Å². The summed E-state index contributed by atoms with van der Waals surface area (Å²) >= 11 is 0. The van der Waals surface area contributed by atoms with Crippen molar-refractivity contribution in [1.29, 1.82) is 0 Å². The predicted octanol–water partition coefficient (Wildman–Crippen LogP) is 3.32. The predicted molar refractivity (Wildman–Crippen MR) is 130 cm³/mol. The number of rotatable bonds is 10. The molecule has 3 rings (SSSR count). The van der Waals surface area contributed by atoms with Crippen molar-refractivity contribution in [2.24, 2.45) is 5.92 Å². The standard InChI is InChI=1S/C25H29N3O6S/c1-17(2)15-22(28-35(31,32)21-12-9-18(3)10-13-21)24(29)26-27-25(30)23-14-11-20(34-23)16-33-19-7-5-4-6-8-19/h4-14,17,22,28H,15-16H2,1-3H3,(H,26,29)(H,27,30). The molecule has 1 heterocycles. The van der Waals surface area contributed by atoms with Crippen LogP contribution in [0.25, 0.3) is 0 Å². The first-order valence-corrected chi connectivity index (χ1v) is 12.6. The van der Waals surface area contributed by atoms with Crippen LogP contribution in [0.5, 0.6) is 5.75 Å². The Morgan fingerprint density at radius 1 is 0.943 bits per heavy atom.